The van der Waals surface area contributed by atoms with E-state index in [1.54, 1.807) is 14.2 Å². The summed E-state index contributed by atoms with van der Waals surface area (Å²) in [4.78, 5) is 7.12. The third-order valence-corrected chi connectivity index (χ3v) is 5.99. The predicted octanol–water partition coefficient (Wildman–Crippen LogP) is 2.01. The van der Waals surface area contributed by atoms with Crippen LogP contribution in [0, 0.1) is 0 Å². The van der Waals surface area contributed by atoms with E-state index in [0.717, 1.165) is 47.6 Å². The van der Waals surface area contributed by atoms with Crippen LogP contribution in [0.2, 0.25) is 0 Å². The van der Waals surface area contributed by atoms with Gasteiger partial charge in [0.2, 0.25) is 0 Å². The molecule has 1 unspecified atom stereocenters. The number of hydrogen-bond donors (Lipinski definition) is 3. The molecule has 1 fully saturated rings. The van der Waals surface area contributed by atoms with Crippen LogP contribution in [0.5, 0.6) is 11.5 Å². The quantitative estimate of drug-likeness (QED) is 0.597. The summed E-state index contributed by atoms with van der Waals surface area (Å²) in [5, 5.41) is 12.0. The van der Waals surface area contributed by atoms with Crippen molar-refractivity contribution in [3.8, 4) is 11.5 Å². The average molecular weight is 397 g/mol. The van der Waals surface area contributed by atoms with Gasteiger partial charge < -0.3 is 29.4 Å². The maximum Gasteiger partial charge on any atom is 0.130 e. The molecule has 3 aromatic rings. The number of H-pyrrole nitrogens is 1. The Hall–Kier alpha value is -2.70. The zero-order valence-corrected chi connectivity index (χ0v) is 17.3. The molecule has 1 aliphatic rings. The third kappa shape index (κ3) is 4.04. The van der Waals surface area contributed by atoms with Gasteiger partial charge in [-0.25, -0.2) is 0 Å². The van der Waals surface area contributed by atoms with E-state index in [-0.39, 0.29) is 0 Å². The number of anilines is 1. The SMILES string of the molecule is COc1ccc(N2CC[NH+](C[C@H](O)c3c[nH]c4ccc(OC)cc34)C[C@H]2C)cc1. The van der Waals surface area contributed by atoms with E-state index < -0.39 is 6.10 Å². The second kappa shape index (κ2) is 8.35. The standard InChI is InChI=1S/C23H29N3O3/c1-16-14-25(10-11-26(16)17-4-6-18(28-2)7-5-17)15-23(27)21-13-24-22-9-8-19(29-3)12-20(21)22/h4-9,12-13,16,23-24,27H,10-11,14-15H2,1-3H3/p+1/t16-,23+/m1/s1. The van der Waals surface area contributed by atoms with Gasteiger partial charge in [0, 0.05) is 28.4 Å². The first kappa shape index (κ1) is 19.6. The molecular formula is C23H30N3O3+. The fourth-order valence-electron chi connectivity index (χ4n) is 4.38. The van der Waals surface area contributed by atoms with Crippen molar-refractivity contribution in [2.24, 2.45) is 0 Å². The van der Waals surface area contributed by atoms with Gasteiger partial charge in [0.25, 0.3) is 0 Å². The lowest BCUT2D eigenvalue weighted by molar-refractivity contribution is -0.906. The molecule has 0 aliphatic carbocycles. The lowest BCUT2D eigenvalue weighted by atomic mass is 10.1. The van der Waals surface area contributed by atoms with Gasteiger partial charge in [0.15, 0.2) is 0 Å². The summed E-state index contributed by atoms with van der Waals surface area (Å²) in [6, 6.07) is 14.6. The predicted molar refractivity (Wildman–Crippen MR) is 115 cm³/mol. The highest BCUT2D eigenvalue weighted by Gasteiger charge is 2.29. The van der Waals surface area contributed by atoms with E-state index in [0.29, 0.717) is 12.6 Å². The molecule has 2 aromatic carbocycles. The number of aliphatic hydroxyl groups is 1. The molecule has 0 spiro atoms. The van der Waals surface area contributed by atoms with Crippen molar-refractivity contribution in [3.63, 3.8) is 0 Å². The largest absolute Gasteiger partial charge is 0.497 e. The van der Waals surface area contributed by atoms with Crippen molar-refractivity contribution in [3.05, 3.63) is 54.2 Å². The van der Waals surface area contributed by atoms with Gasteiger partial charge in [-0.3, -0.25) is 0 Å². The molecule has 0 radical (unpaired) electrons. The number of aromatic nitrogens is 1. The number of ether oxygens (including phenoxy) is 2. The molecule has 29 heavy (non-hydrogen) atoms. The number of aromatic amines is 1. The van der Waals surface area contributed by atoms with E-state index in [9.17, 15) is 5.11 Å². The number of aliphatic hydroxyl groups excluding tert-OH is 1. The van der Waals surface area contributed by atoms with E-state index >= 15 is 0 Å². The third-order valence-electron chi connectivity index (χ3n) is 5.99. The number of nitrogens with zero attached hydrogens (tertiary/aromatic N) is 1. The number of hydrogen-bond acceptors (Lipinski definition) is 4. The summed E-state index contributed by atoms with van der Waals surface area (Å²) in [7, 11) is 3.35. The molecule has 0 saturated carbocycles. The van der Waals surface area contributed by atoms with Gasteiger partial charge in [-0.05, 0) is 49.4 Å². The van der Waals surface area contributed by atoms with Gasteiger partial charge >= 0.3 is 0 Å². The Balaban J connectivity index is 1.42. The number of nitrogens with one attached hydrogen (secondary N) is 2. The fourth-order valence-corrected chi connectivity index (χ4v) is 4.38. The summed E-state index contributed by atoms with van der Waals surface area (Å²) in [5.74, 6) is 1.68. The summed E-state index contributed by atoms with van der Waals surface area (Å²) < 4.78 is 10.6. The Bertz CT molecular complexity index is 954. The highest BCUT2D eigenvalue weighted by atomic mass is 16.5. The zero-order chi connectivity index (χ0) is 20.4. The first-order valence-electron chi connectivity index (χ1n) is 10.2. The van der Waals surface area contributed by atoms with Crippen molar-refractivity contribution >= 4 is 16.6 Å². The first-order chi connectivity index (χ1) is 14.1. The van der Waals surface area contributed by atoms with Crippen LogP contribution in [0.25, 0.3) is 10.9 Å². The van der Waals surface area contributed by atoms with Crippen LogP contribution in [-0.4, -0.2) is 56.5 Å². The Labute approximate surface area is 171 Å². The maximum atomic E-state index is 10.9. The first-order valence-corrected chi connectivity index (χ1v) is 10.2. The van der Waals surface area contributed by atoms with Crippen LogP contribution in [0.4, 0.5) is 5.69 Å². The van der Waals surface area contributed by atoms with Crippen LogP contribution >= 0.6 is 0 Å². The summed E-state index contributed by atoms with van der Waals surface area (Å²) >= 11 is 0. The van der Waals surface area contributed by atoms with Crippen molar-refractivity contribution in [1.82, 2.24) is 4.98 Å². The van der Waals surface area contributed by atoms with Crippen LogP contribution in [-0.2, 0) is 0 Å². The molecular weight excluding hydrogens is 366 g/mol. The molecule has 1 saturated heterocycles. The molecule has 6 heteroatoms. The van der Waals surface area contributed by atoms with E-state index in [1.165, 1.54) is 10.6 Å². The van der Waals surface area contributed by atoms with Gasteiger partial charge in [0.05, 0.1) is 39.9 Å². The normalized spacial score (nSPS) is 20.6. The van der Waals surface area contributed by atoms with E-state index in [1.807, 2.05) is 36.5 Å². The molecule has 0 amide bonds. The van der Waals surface area contributed by atoms with Crippen molar-refractivity contribution in [1.29, 1.82) is 0 Å². The topological polar surface area (TPSA) is 62.2 Å². The molecule has 2 heterocycles. The van der Waals surface area contributed by atoms with E-state index in [2.05, 4.69) is 28.9 Å². The number of piperazine rings is 1. The van der Waals surface area contributed by atoms with Gasteiger partial charge in [0.1, 0.15) is 24.1 Å². The van der Waals surface area contributed by atoms with Gasteiger partial charge in [-0.1, -0.05) is 0 Å². The Morgan fingerprint density at radius 3 is 2.55 bits per heavy atom. The fraction of sp³-hybridized carbons (Fsp3) is 0.391. The van der Waals surface area contributed by atoms with Crippen molar-refractivity contribution in [2.75, 3.05) is 45.3 Å². The monoisotopic (exact) mass is 396 g/mol. The average Bonchev–Trinajstić information content (AvgIpc) is 3.17. The molecule has 0 bridgehead atoms. The number of benzene rings is 2. The zero-order valence-electron chi connectivity index (χ0n) is 17.3. The van der Waals surface area contributed by atoms with Crippen LogP contribution in [0.1, 0.15) is 18.6 Å². The van der Waals surface area contributed by atoms with Crippen molar-refractivity contribution < 1.29 is 19.5 Å². The number of quaternary nitrogens is 1. The minimum Gasteiger partial charge on any atom is -0.497 e. The van der Waals surface area contributed by atoms with Crippen molar-refractivity contribution in [2.45, 2.75) is 19.1 Å². The smallest absolute Gasteiger partial charge is 0.130 e. The molecule has 4 rings (SSSR count). The second-order valence-electron chi connectivity index (χ2n) is 7.82. The highest BCUT2D eigenvalue weighted by Crippen LogP contribution is 2.27. The molecule has 6 nitrogen and oxygen atoms in total. The Morgan fingerprint density at radius 2 is 1.86 bits per heavy atom. The van der Waals surface area contributed by atoms with Crippen LogP contribution in [0.15, 0.2) is 48.7 Å². The van der Waals surface area contributed by atoms with Gasteiger partial charge in [-0.2, -0.15) is 0 Å². The molecule has 154 valence electrons. The number of rotatable bonds is 6. The lowest BCUT2D eigenvalue weighted by Crippen LogP contribution is -3.16. The Kier molecular flexibility index (Phi) is 5.65. The number of methoxy groups -OCH3 is 2. The molecule has 3 N–H and O–H groups in total. The molecule has 1 aromatic heterocycles. The Morgan fingerprint density at radius 1 is 1.14 bits per heavy atom. The van der Waals surface area contributed by atoms with Gasteiger partial charge in [-0.15, -0.1) is 0 Å². The molecule has 1 aliphatic heterocycles. The number of fused-ring (bicyclic) bond motifs is 1. The van der Waals surface area contributed by atoms with E-state index in [4.69, 9.17) is 9.47 Å². The minimum atomic E-state index is -0.509. The lowest BCUT2D eigenvalue weighted by Gasteiger charge is -2.39. The van der Waals surface area contributed by atoms with Crippen LogP contribution < -0.4 is 19.3 Å². The summed E-state index contributed by atoms with van der Waals surface area (Å²) in [6.45, 7) is 5.92. The molecule has 3 atom stereocenters. The minimum absolute atomic E-state index is 0.405. The summed E-state index contributed by atoms with van der Waals surface area (Å²) in [5.41, 5.74) is 3.19. The second-order valence-corrected chi connectivity index (χ2v) is 7.82. The highest BCUT2D eigenvalue weighted by molar-refractivity contribution is 5.85. The summed E-state index contributed by atoms with van der Waals surface area (Å²) in [6.07, 6.45) is 1.41. The maximum absolute atomic E-state index is 10.9. The van der Waals surface area contributed by atoms with Crippen LogP contribution in [0.3, 0.4) is 0 Å².